The molecule has 0 bridgehead atoms. The number of hydrogen-bond donors (Lipinski definition) is 0. The SMILES string of the molecule is CC1=C2CC[C@@]3(C)O[C@@H]3CC/C(C)=C/CC[C@@]3(C)O[C@@H]3[C@H]2OC1. The van der Waals surface area contributed by atoms with Gasteiger partial charge in [0.25, 0.3) is 0 Å². The fourth-order valence-corrected chi connectivity index (χ4v) is 4.44. The van der Waals surface area contributed by atoms with Crippen LogP contribution in [0.1, 0.15) is 66.2 Å². The summed E-state index contributed by atoms with van der Waals surface area (Å²) in [6.07, 6.45) is 9.98. The molecule has 128 valence electrons. The van der Waals surface area contributed by atoms with Crippen molar-refractivity contribution in [2.75, 3.05) is 6.61 Å². The molecule has 3 nitrogen and oxygen atoms in total. The van der Waals surface area contributed by atoms with Crippen LogP contribution in [0, 0.1) is 0 Å². The van der Waals surface area contributed by atoms with Crippen LogP contribution in [-0.4, -0.2) is 36.1 Å². The summed E-state index contributed by atoms with van der Waals surface area (Å²) in [7, 11) is 0. The second-order valence-electron chi connectivity index (χ2n) is 8.44. The highest BCUT2D eigenvalue weighted by atomic mass is 16.6. The number of fused-ring (bicyclic) bond motifs is 4. The first-order valence-corrected chi connectivity index (χ1v) is 9.23. The Morgan fingerprint density at radius 2 is 1.87 bits per heavy atom. The topological polar surface area (TPSA) is 34.3 Å². The molecule has 1 aliphatic carbocycles. The van der Waals surface area contributed by atoms with Crippen LogP contribution in [0.3, 0.4) is 0 Å². The Morgan fingerprint density at radius 1 is 1.04 bits per heavy atom. The van der Waals surface area contributed by atoms with E-state index in [1.165, 1.54) is 16.7 Å². The van der Waals surface area contributed by atoms with Gasteiger partial charge in [0.1, 0.15) is 12.2 Å². The average Bonchev–Trinajstić information content (AvgIpc) is 3.30. The van der Waals surface area contributed by atoms with Gasteiger partial charge in [-0.2, -0.15) is 0 Å². The van der Waals surface area contributed by atoms with E-state index in [0.717, 1.165) is 45.1 Å². The number of epoxide rings is 2. The number of hydrogen-bond acceptors (Lipinski definition) is 3. The van der Waals surface area contributed by atoms with Crippen LogP contribution in [0.4, 0.5) is 0 Å². The molecular weight excluding hydrogens is 288 g/mol. The zero-order valence-electron chi connectivity index (χ0n) is 15.0. The summed E-state index contributed by atoms with van der Waals surface area (Å²) in [5.74, 6) is 0. The molecule has 0 N–H and O–H groups in total. The van der Waals surface area contributed by atoms with Gasteiger partial charge < -0.3 is 14.2 Å². The Morgan fingerprint density at radius 3 is 2.70 bits per heavy atom. The van der Waals surface area contributed by atoms with E-state index in [2.05, 4.69) is 33.8 Å². The Kier molecular flexibility index (Phi) is 3.75. The second kappa shape index (κ2) is 5.44. The molecule has 3 aliphatic heterocycles. The predicted octanol–water partition coefficient (Wildman–Crippen LogP) is 4.32. The molecule has 0 unspecified atom stereocenters. The van der Waals surface area contributed by atoms with Crippen LogP contribution >= 0.6 is 0 Å². The molecular formula is C20H30O3. The van der Waals surface area contributed by atoms with Crippen LogP contribution in [0.25, 0.3) is 0 Å². The van der Waals surface area contributed by atoms with Gasteiger partial charge in [0.15, 0.2) is 0 Å². The summed E-state index contributed by atoms with van der Waals surface area (Å²) in [6.45, 7) is 9.78. The van der Waals surface area contributed by atoms with Gasteiger partial charge in [0.2, 0.25) is 0 Å². The molecule has 4 rings (SSSR count). The summed E-state index contributed by atoms with van der Waals surface area (Å²) in [4.78, 5) is 0. The first-order chi connectivity index (χ1) is 10.9. The molecule has 2 fully saturated rings. The molecule has 0 aromatic rings. The highest BCUT2D eigenvalue weighted by Gasteiger charge is 2.58. The van der Waals surface area contributed by atoms with Gasteiger partial charge in [-0.3, -0.25) is 0 Å². The molecule has 0 spiro atoms. The Hall–Kier alpha value is -0.640. The standard InChI is InChI=1S/C20H30O3/c1-13-6-5-10-20(4)18(23-20)17-15(14(2)12-21-17)9-11-19(3)16(22-19)8-7-13/h6,16-18H,5,7-12H2,1-4H3/b13-6+/t16-,17+,18-,19-,20-/m1/s1. The molecule has 0 saturated carbocycles. The van der Waals surface area contributed by atoms with Gasteiger partial charge in [0.05, 0.1) is 23.9 Å². The third-order valence-electron chi connectivity index (χ3n) is 6.45. The van der Waals surface area contributed by atoms with Crippen molar-refractivity contribution >= 4 is 0 Å². The van der Waals surface area contributed by atoms with E-state index in [1.54, 1.807) is 0 Å². The van der Waals surface area contributed by atoms with Gasteiger partial charge in [-0.05, 0) is 77.4 Å². The first-order valence-electron chi connectivity index (χ1n) is 9.23. The highest BCUT2D eigenvalue weighted by molar-refractivity contribution is 5.28. The third-order valence-corrected chi connectivity index (χ3v) is 6.45. The van der Waals surface area contributed by atoms with E-state index >= 15 is 0 Å². The van der Waals surface area contributed by atoms with Crippen LogP contribution < -0.4 is 0 Å². The maximum Gasteiger partial charge on any atom is 0.117 e. The highest BCUT2D eigenvalue weighted by Crippen LogP contribution is 2.50. The van der Waals surface area contributed by atoms with E-state index in [0.29, 0.717) is 6.10 Å². The zero-order chi connectivity index (χ0) is 16.2. The van der Waals surface area contributed by atoms with Crippen molar-refractivity contribution in [1.82, 2.24) is 0 Å². The van der Waals surface area contributed by atoms with Gasteiger partial charge in [-0.1, -0.05) is 11.6 Å². The van der Waals surface area contributed by atoms with Crippen LogP contribution in [-0.2, 0) is 14.2 Å². The van der Waals surface area contributed by atoms with Gasteiger partial charge in [-0.25, -0.2) is 0 Å². The lowest BCUT2D eigenvalue weighted by molar-refractivity contribution is 0.0922. The van der Waals surface area contributed by atoms with Crippen molar-refractivity contribution in [1.29, 1.82) is 0 Å². The molecule has 23 heavy (non-hydrogen) atoms. The van der Waals surface area contributed by atoms with E-state index in [4.69, 9.17) is 14.2 Å². The van der Waals surface area contributed by atoms with Crippen molar-refractivity contribution in [2.45, 2.75) is 95.7 Å². The first kappa shape index (κ1) is 15.9. The Balaban J connectivity index is 1.54. The molecule has 3 heteroatoms. The van der Waals surface area contributed by atoms with E-state index < -0.39 is 0 Å². The van der Waals surface area contributed by atoms with Crippen LogP contribution in [0.15, 0.2) is 22.8 Å². The minimum absolute atomic E-state index is 0.00392. The molecule has 0 aromatic carbocycles. The lowest BCUT2D eigenvalue weighted by Gasteiger charge is -2.16. The lowest BCUT2D eigenvalue weighted by atomic mass is 9.88. The maximum absolute atomic E-state index is 6.12. The summed E-state index contributed by atoms with van der Waals surface area (Å²) >= 11 is 0. The Bertz CT molecular complexity index is 563. The molecule has 4 aliphatic rings. The normalized spacial score (nSPS) is 49.4. The number of rotatable bonds is 0. The van der Waals surface area contributed by atoms with Crippen molar-refractivity contribution < 1.29 is 14.2 Å². The van der Waals surface area contributed by atoms with Gasteiger partial charge in [0, 0.05) is 0 Å². The molecule has 0 radical (unpaired) electrons. The quantitative estimate of drug-likeness (QED) is 0.493. The van der Waals surface area contributed by atoms with Gasteiger partial charge >= 0.3 is 0 Å². The summed E-state index contributed by atoms with van der Waals surface area (Å²) in [5, 5.41) is 0. The minimum atomic E-state index is 0.00392. The predicted molar refractivity (Wildman–Crippen MR) is 90.5 cm³/mol. The number of ether oxygens (including phenoxy) is 3. The monoisotopic (exact) mass is 318 g/mol. The summed E-state index contributed by atoms with van der Waals surface area (Å²) in [5.41, 5.74) is 4.48. The molecule has 0 aromatic heterocycles. The van der Waals surface area contributed by atoms with Crippen molar-refractivity contribution in [3.8, 4) is 0 Å². The minimum Gasteiger partial charge on any atom is -0.367 e. The third kappa shape index (κ3) is 2.92. The molecule has 0 amide bonds. The van der Waals surface area contributed by atoms with Crippen molar-refractivity contribution in [3.63, 3.8) is 0 Å². The van der Waals surface area contributed by atoms with E-state index in [1.807, 2.05) is 0 Å². The van der Waals surface area contributed by atoms with Crippen LogP contribution in [0.5, 0.6) is 0 Å². The fourth-order valence-electron chi connectivity index (χ4n) is 4.44. The van der Waals surface area contributed by atoms with Crippen molar-refractivity contribution in [2.24, 2.45) is 0 Å². The van der Waals surface area contributed by atoms with Gasteiger partial charge in [-0.15, -0.1) is 0 Å². The lowest BCUT2D eigenvalue weighted by Crippen LogP contribution is -2.25. The molecule has 2 saturated heterocycles. The molecule has 5 atom stereocenters. The Labute approximate surface area is 140 Å². The largest absolute Gasteiger partial charge is 0.367 e. The van der Waals surface area contributed by atoms with E-state index in [9.17, 15) is 0 Å². The van der Waals surface area contributed by atoms with Crippen LogP contribution in [0.2, 0.25) is 0 Å². The maximum atomic E-state index is 6.12. The summed E-state index contributed by atoms with van der Waals surface area (Å²) < 4.78 is 18.3. The average molecular weight is 318 g/mol. The summed E-state index contributed by atoms with van der Waals surface area (Å²) in [6, 6.07) is 0. The zero-order valence-corrected chi connectivity index (χ0v) is 15.0. The van der Waals surface area contributed by atoms with Crippen molar-refractivity contribution in [3.05, 3.63) is 22.8 Å². The molecule has 3 heterocycles. The number of allylic oxidation sites excluding steroid dienone is 2. The smallest absolute Gasteiger partial charge is 0.117 e. The van der Waals surface area contributed by atoms with E-state index in [-0.39, 0.29) is 23.4 Å². The fraction of sp³-hybridized carbons (Fsp3) is 0.800. The second-order valence-corrected chi connectivity index (χ2v) is 8.44.